The molecule has 4 nitrogen and oxygen atoms in total. The van der Waals surface area contributed by atoms with Gasteiger partial charge in [-0.05, 0) is 48.5 Å². The predicted molar refractivity (Wildman–Crippen MR) is 77.9 cm³/mol. The lowest BCUT2D eigenvalue weighted by Crippen LogP contribution is -2.41. The van der Waals surface area contributed by atoms with Gasteiger partial charge in [0.2, 0.25) is 0 Å². The van der Waals surface area contributed by atoms with Gasteiger partial charge in [-0.1, -0.05) is 0 Å². The largest absolute Gasteiger partial charge is 0.498 e. The molecule has 0 aromatic carbocycles. The molecule has 0 amide bonds. The van der Waals surface area contributed by atoms with Crippen molar-refractivity contribution < 1.29 is 13.7 Å². The molecule has 0 unspecified atom stereocenters. The summed E-state index contributed by atoms with van der Waals surface area (Å²) in [6.07, 6.45) is 1.71. The van der Waals surface area contributed by atoms with Crippen molar-refractivity contribution in [3.05, 3.63) is 11.9 Å². The lowest BCUT2D eigenvalue weighted by Gasteiger charge is -2.32. The molecule has 0 spiro atoms. The maximum absolute atomic E-state index is 13.8. The first-order chi connectivity index (χ1) is 8.93. The number of aromatic nitrogens is 2. The Bertz CT molecular complexity index is 490. The minimum Gasteiger partial charge on any atom is -0.399 e. The molecule has 0 N–H and O–H groups in total. The molecule has 1 aliphatic rings. The second-order valence-electron chi connectivity index (χ2n) is 7.15. The summed E-state index contributed by atoms with van der Waals surface area (Å²) in [6.45, 7) is 13.3. The van der Waals surface area contributed by atoms with Crippen molar-refractivity contribution in [1.29, 1.82) is 0 Å². The molecule has 2 heterocycles. The van der Waals surface area contributed by atoms with Crippen LogP contribution in [0.1, 0.15) is 47.2 Å². The van der Waals surface area contributed by atoms with Gasteiger partial charge in [-0.25, -0.2) is 4.39 Å². The van der Waals surface area contributed by atoms with Crippen LogP contribution in [-0.4, -0.2) is 33.8 Å². The fourth-order valence-corrected chi connectivity index (χ4v) is 2.18. The van der Waals surface area contributed by atoms with E-state index in [9.17, 15) is 4.39 Å². The van der Waals surface area contributed by atoms with Crippen LogP contribution < -0.4 is 5.46 Å². The van der Waals surface area contributed by atoms with Crippen molar-refractivity contribution in [2.24, 2.45) is 0 Å². The third kappa shape index (κ3) is 2.77. The number of hydrogen-bond acceptors (Lipinski definition) is 3. The van der Waals surface area contributed by atoms with Gasteiger partial charge in [0.25, 0.3) is 0 Å². The van der Waals surface area contributed by atoms with E-state index in [4.69, 9.17) is 9.31 Å². The number of hydrogen-bond donors (Lipinski definition) is 0. The first kappa shape index (κ1) is 15.5. The normalized spacial score (nSPS) is 21.5. The highest BCUT2D eigenvalue weighted by Gasteiger charge is 2.52. The summed E-state index contributed by atoms with van der Waals surface area (Å²) in [7, 11) is -0.448. The molecule has 2 rings (SSSR count). The first-order valence-electron chi connectivity index (χ1n) is 7.00. The van der Waals surface area contributed by atoms with E-state index in [-0.39, 0.29) is 17.7 Å². The molecule has 1 aliphatic heterocycles. The first-order valence-corrected chi connectivity index (χ1v) is 7.00. The Kier molecular flexibility index (Phi) is 3.54. The number of rotatable bonds is 3. The van der Waals surface area contributed by atoms with E-state index in [0.717, 1.165) is 11.2 Å². The monoisotopic (exact) mass is 282 g/mol. The molecule has 0 saturated carbocycles. The zero-order chi connectivity index (χ0) is 15.3. The summed E-state index contributed by atoms with van der Waals surface area (Å²) in [5, 5.41) is 4.26. The fourth-order valence-electron chi connectivity index (χ4n) is 2.18. The third-order valence-corrected chi connectivity index (χ3v) is 4.17. The Morgan fingerprint density at radius 3 is 2.20 bits per heavy atom. The van der Waals surface area contributed by atoms with E-state index in [1.165, 1.54) is 0 Å². The van der Waals surface area contributed by atoms with Gasteiger partial charge in [-0.2, -0.15) is 5.10 Å². The topological polar surface area (TPSA) is 36.3 Å². The lowest BCUT2D eigenvalue weighted by molar-refractivity contribution is 0.00578. The van der Waals surface area contributed by atoms with Crippen LogP contribution in [-0.2, 0) is 15.9 Å². The molecule has 1 fully saturated rings. The Labute approximate surface area is 120 Å². The van der Waals surface area contributed by atoms with Crippen LogP contribution in [0.5, 0.6) is 0 Å². The van der Waals surface area contributed by atoms with Crippen molar-refractivity contribution in [2.75, 3.05) is 0 Å². The highest BCUT2D eigenvalue weighted by atomic mass is 19.1. The number of alkyl halides is 1. The van der Waals surface area contributed by atoms with E-state index >= 15 is 0 Å². The molecule has 112 valence electrons. The fraction of sp³-hybridized carbons (Fsp3) is 0.786. The van der Waals surface area contributed by atoms with Crippen LogP contribution in [0.2, 0.25) is 0 Å². The summed E-state index contributed by atoms with van der Waals surface area (Å²) in [5.41, 5.74) is -0.316. The van der Waals surface area contributed by atoms with E-state index in [1.54, 1.807) is 24.7 Å². The van der Waals surface area contributed by atoms with Gasteiger partial charge >= 0.3 is 7.12 Å². The van der Waals surface area contributed by atoms with Crippen LogP contribution >= 0.6 is 0 Å². The quantitative estimate of drug-likeness (QED) is 0.798. The maximum atomic E-state index is 13.8. The summed E-state index contributed by atoms with van der Waals surface area (Å²) < 4.78 is 27.4. The standard InChI is InChI=1S/C14H24BFN2O2/c1-10-11(8-17-18(10)9-12(2,3)16)15-19-13(4,5)14(6,7)20-15/h8H,9H2,1-7H3. The zero-order valence-electron chi connectivity index (χ0n) is 13.5. The van der Waals surface area contributed by atoms with Crippen molar-refractivity contribution >= 4 is 12.6 Å². The highest BCUT2D eigenvalue weighted by molar-refractivity contribution is 6.62. The van der Waals surface area contributed by atoms with E-state index in [0.29, 0.717) is 0 Å². The Hall–Kier alpha value is -0.875. The van der Waals surface area contributed by atoms with E-state index < -0.39 is 12.8 Å². The lowest BCUT2D eigenvalue weighted by atomic mass is 9.79. The van der Waals surface area contributed by atoms with Crippen LogP contribution in [0, 0.1) is 6.92 Å². The Morgan fingerprint density at radius 1 is 1.25 bits per heavy atom. The minimum absolute atomic E-state index is 0.221. The number of halogens is 1. The predicted octanol–water partition coefficient (Wildman–Crippen LogP) is 2.24. The average Bonchev–Trinajstić information content (AvgIpc) is 2.65. The van der Waals surface area contributed by atoms with Gasteiger partial charge in [-0.15, -0.1) is 0 Å². The molecular weight excluding hydrogens is 258 g/mol. The summed E-state index contributed by atoms with van der Waals surface area (Å²) in [6, 6.07) is 0. The summed E-state index contributed by atoms with van der Waals surface area (Å²) >= 11 is 0. The van der Waals surface area contributed by atoms with Gasteiger partial charge in [0.1, 0.15) is 5.67 Å². The smallest absolute Gasteiger partial charge is 0.399 e. The van der Waals surface area contributed by atoms with Gasteiger partial charge in [-0.3, -0.25) is 4.68 Å². The molecule has 1 aromatic heterocycles. The Balaban J connectivity index is 2.24. The average molecular weight is 282 g/mol. The number of nitrogens with zero attached hydrogens (tertiary/aromatic N) is 2. The minimum atomic E-state index is -1.30. The van der Waals surface area contributed by atoms with Gasteiger partial charge in [0, 0.05) is 17.4 Å². The Morgan fingerprint density at radius 2 is 1.75 bits per heavy atom. The van der Waals surface area contributed by atoms with Crippen LogP contribution in [0.25, 0.3) is 0 Å². The molecule has 6 heteroatoms. The van der Waals surface area contributed by atoms with Crippen molar-refractivity contribution in [2.45, 2.75) is 71.9 Å². The highest BCUT2D eigenvalue weighted by Crippen LogP contribution is 2.36. The van der Waals surface area contributed by atoms with Crippen LogP contribution in [0.3, 0.4) is 0 Å². The second kappa shape index (κ2) is 4.56. The van der Waals surface area contributed by atoms with Gasteiger partial charge in [0.05, 0.1) is 17.7 Å². The second-order valence-corrected chi connectivity index (χ2v) is 7.15. The van der Waals surface area contributed by atoms with Crippen LogP contribution in [0.4, 0.5) is 4.39 Å². The van der Waals surface area contributed by atoms with Crippen LogP contribution in [0.15, 0.2) is 6.20 Å². The van der Waals surface area contributed by atoms with Crippen molar-refractivity contribution in [3.8, 4) is 0 Å². The molecule has 0 radical (unpaired) electrons. The SMILES string of the molecule is Cc1c(B2OC(C)(C)C(C)(C)O2)cnn1CC(C)(C)F. The summed E-state index contributed by atoms with van der Waals surface area (Å²) in [5.74, 6) is 0. The van der Waals surface area contributed by atoms with Crippen molar-refractivity contribution in [1.82, 2.24) is 9.78 Å². The van der Waals surface area contributed by atoms with E-state index in [1.807, 2.05) is 34.6 Å². The molecule has 1 aromatic rings. The molecule has 1 saturated heterocycles. The molecule has 0 bridgehead atoms. The summed E-state index contributed by atoms with van der Waals surface area (Å²) in [4.78, 5) is 0. The molecule has 0 atom stereocenters. The maximum Gasteiger partial charge on any atom is 0.498 e. The molecular formula is C14H24BFN2O2. The molecule has 20 heavy (non-hydrogen) atoms. The molecule has 0 aliphatic carbocycles. The zero-order valence-corrected chi connectivity index (χ0v) is 13.5. The van der Waals surface area contributed by atoms with Crippen molar-refractivity contribution in [3.63, 3.8) is 0 Å². The van der Waals surface area contributed by atoms with E-state index in [2.05, 4.69) is 5.10 Å². The van der Waals surface area contributed by atoms with Gasteiger partial charge in [0.15, 0.2) is 0 Å². The van der Waals surface area contributed by atoms with Gasteiger partial charge < -0.3 is 9.31 Å². The third-order valence-electron chi connectivity index (χ3n) is 4.17.